The monoisotopic (exact) mass is 284 g/mol. The lowest BCUT2D eigenvalue weighted by atomic mass is 9.86. The molecule has 4 nitrogen and oxygen atoms in total. The third kappa shape index (κ3) is 2.84. The third-order valence-electron chi connectivity index (χ3n) is 4.42. The Morgan fingerprint density at radius 1 is 1.24 bits per heavy atom. The summed E-state index contributed by atoms with van der Waals surface area (Å²) in [6, 6.07) is 9.01. The zero-order valence-corrected chi connectivity index (χ0v) is 12.2. The second-order valence-corrected chi connectivity index (χ2v) is 5.93. The van der Waals surface area contributed by atoms with Gasteiger partial charge in [-0.1, -0.05) is 38.0 Å². The van der Waals surface area contributed by atoms with Gasteiger partial charge >= 0.3 is 0 Å². The first-order valence-electron chi connectivity index (χ1n) is 7.58. The highest BCUT2D eigenvalue weighted by atomic mass is 16.2. The molecule has 0 aliphatic heterocycles. The van der Waals surface area contributed by atoms with Gasteiger partial charge in [0, 0.05) is 23.0 Å². The SMILES string of the molecule is C[C@@H]1CCCC[C@H]1NC(=O)c1cc(=O)[nH]c2ccccc12. The zero-order valence-electron chi connectivity index (χ0n) is 12.2. The molecule has 110 valence electrons. The highest BCUT2D eigenvalue weighted by molar-refractivity contribution is 6.06. The van der Waals surface area contributed by atoms with E-state index in [9.17, 15) is 9.59 Å². The van der Waals surface area contributed by atoms with Crippen molar-refractivity contribution >= 4 is 16.8 Å². The van der Waals surface area contributed by atoms with Crippen LogP contribution in [0, 0.1) is 5.92 Å². The lowest BCUT2D eigenvalue weighted by molar-refractivity contribution is 0.0912. The van der Waals surface area contributed by atoms with Gasteiger partial charge in [0.15, 0.2) is 0 Å². The highest BCUT2D eigenvalue weighted by Crippen LogP contribution is 2.24. The quantitative estimate of drug-likeness (QED) is 0.890. The lowest BCUT2D eigenvalue weighted by Gasteiger charge is -2.29. The van der Waals surface area contributed by atoms with Crippen molar-refractivity contribution in [1.29, 1.82) is 0 Å². The number of aromatic amines is 1. The zero-order chi connectivity index (χ0) is 14.8. The standard InChI is InChI=1S/C17H20N2O2/c1-11-6-2-4-8-14(11)19-17(21)13-10-16(20)18-15-9-5-3-7-12(13)15/h3,5,7,9-11,14H,2,4,6,8H2,1H3,(H,18,20)(H,19,21)/t11-,14-/m1/s1. The Hall–Kier alpha value is -2.10. The van der Waals surface area contributed by atoms with E-state index >= 15 is 0 Å². The number of fused-ring (bicyclic) bond motifs is 1. The molecule has 1 saturated carbocycles. The van der Waals surface area contributed by atoms with Gasteiger partial charge in [-0.15, -0.1) is 0 Å². The first-order valence-corrected chi connectivity index (χ1v) is 7.58. The van der Waals surface area contributed by atoms with Gasteiger partial charge in [-0.2, -0.15) is 0 Å². The molecule has 1 aromatic carbocycles. The van der Waals surface area contributed by atoms with Crippen LogP contribution in [0.4, 0.5) is 0 Å². The van der Waals surface area contributed by atoms with Crippen LogP contribution in [0.2, 0.25) is 0 Å². The molecule has 21 heavy (non-hydrogen) atoms. The van der Waals surface area contributed by atoms with E-state index in [-0.39, 0.29) is 17.5 Å². The molecule has 1 aliphatic rings. The fraction of sp³-hybridized carbons (Fsp3) is 0.412. The molecule has 2 N–H and O–H groups in total. The minimum Gasteiger partial charge on any atom is -0.349 e. The molecule has 4 heteroatoms. The number of pyridine rings is 1. The molecular formula is C17H20N2O2. The largest absolute Gasteiger partial charge is 0.349 e. The Morgan fingerprint density at radius 3 is 2.81 bits per heavy atom. The predicted octanol–water partition coefficient (Wildman–Crippen LogP) is 2.84. The van der Waals surface area contributed by atoms with Gasteiger partial charge in [-0.3, -0.25) is 9.59 Å². The van der Waals surface area contributed by atoms with Crippen LogP contribution >= 0.6 is 0 Å². The van der Waals surface area contributed by atoms with Gasteiger partial charge in [0.2, 0.25) is 5.56 Å². The molecule has 0 saturated heterocycles. The molecule has 0 spiro atoms. The number of carbonyl (C=O) groups is 1. The number of H-pyrrole nitrogens is 1. The molecule has 1 aliphatic carbocycles. The summed E-state index contributed by atoms with van der Waals surface area (Å²) < 4.78 is 0. The molecule has 2 aromatic rings. The molecule has 3 rings (SSSR count). The number of nitrogens with one attached hydrogen (secondary N) is 2. The lowest BCUT2D eigenvalue weighted by Crippen LogP contribution is -2.41. The van der Waals surface area contributed by atoms with E-state index in [2.05, 4.69) is 17.2 Å². The Labute approximate surface area is 123 Å². The molecule has 1 aromatic heterocycles. The maximum absolute atomic E-state index is 12.6. The van der Waals surface area contributed by atoms with Gasteiger partial charge in [-0.05, 0) is 24.8 Å². The van der Waals surface area contributed by atoms with Crippen molar-refractivity contribution in [3.8, 4) is 0 Å². The number of rotatable bonds is 2. The predicted molar refractivity (Wildman–Crippen MR) is 83.5 cm³/mol. The van der Waals surface area contributed by atoms with Gasteiger partial charge in [0.05, 0.1) is 5.56 Å². The van der Waals surface area contributed by atoms with Gasteiger partial charge in [0.1, 0.15) is 0 Å². The highest BCUT2D eigenvalue weighted by Gasteiger charge is 2.24. The Morgan fingerprint density at radius 2 is 2.00 bits per heavy atom. The molecule has 2 atom stereocenters. The van der Waals surface area contributed by atoms with Crippen LogP contribution in [-0.4, -0.2) is 16.9 Å². The van der Waals surface area contributed by atoms with Crippen LogP contribution < -0.4 is 10.9 Å². The summed E-state index contributed by atoms with van der Waals surface area (Å²) in [7, 11) is 0. The number of hydrogen-bond acceptors (Lipinski definition) is 2. The summed E-state index contributed by atoms with van der Waals surface area (Å²) in [5, 5.41) is 3.90. The average molecular weight is 284 g/mol. The van der Waals surface area contributed by atoms with Gasteiger partial charge in [-0.25, -0.2) is 0 Å². The number of hydrogen-bond donors (Lipinski definition) is 2. The van der Waals surface area contributed by atoms with Crippen LogP contribution in [0.1, 0.15) is 43.0 Å². The normalized spacial score (nSPS) is 22.1. The minimum atomic E-state index is -0.240. The summed E-state index contributed by atoms with van der Waals surface area (Å²) in [6.07, 6.45) is 4.57. The fourth-order valence-electron chi connectivity index (χ4n) is 3.17. The van der Waals surface area contributed by atoms with Crippen molar-refractivity contribution < 1.29 is 4.79 Å². The maximum atomic E-state index is 12.6. The van der Waals surface area contributed by atoms with Crippen LogP contribution in [0.25, 0.3) is 10.9 Å². The summed E-state index contributed by atoms with van der Waals surface area (Å²) in [5.41, 5.74) is 0.925. The number of benzene rings is 1. The molecule has 1 amide bonds. The van der Waals surface area contributed by atoms with Crippen molar-refractivity contribution in [1.82, 2.24) is 10.3 Å². The van der Waals surface area contributed by atoms with Crippen molar-refractivity contribution in [3.05, 3.63) is 46.2 Å². The van der Waals surface area contributed by atoms with E-state index in [4.69, 9.17) is 0 Å². The van der Waals surface area contributed by atoms with E-state index in [1.807, 2.05) is 24.3 Å². The molecule has 1 fully saturated rings. The summed E-state index contributed by atoms with van der Waals surface area (Å²) >= 11 is 0. The van der Waals surface area contributed by atoms with Gasteiger partial charge < -0.3 is 10.3 Å². The first-order chi connectivity index (χ1) is 10.1. The Balaban J connectivity index is 1.92. The van der Waals surface area contributed by atoms with E-state index in [0.717, 1.165) is 24.6 Å². The van der Waals surface area contributed by atoms with Crippen LogP contribution in [0.3, 0.4) is 0 Å². The average Bonchev–Trinajstić information content (AvgIpc) is 2.48. The van der Waals surface area contributed by atoms with Crippen LogP contribution in [0.5, 0.6) is 0 Å². The van der Waals surface area contributed by atoms with Gasteiger partial charge in [0.25, 0.3) is 5.91 Å². The third-order valence-corrected chi connectivity index (χ3v) is 4.42. The van der Waals surface area contributed by atoms with E-state index in [1.165, 1.54) is 12.5 Å². The number of aromatic nitrogens is 1. The summed E-state index contributed by atoms with van der Waals surface area (Å²) in [5.74, 6) is 0.354. The minimum absolute atomic E-state index is 0.143. The molecule has 0 radical (unpaired) electrons. The number of para-hydroxylation sites is 1. The van der Waals surface area contributed by atoms with Crippen LogP contribution in [-0.2, 0) is 0 Å². The topological polar surface area (TPSA) is 62.0 Å². The second-order valence-electron chi connectivity index (χ2n) is 5.93. The molecule has 1 heterocycles. The Kier molecular flexibility index (Phi) is 3.78. The first kappa shape index (κ1) is 13.9. The fourth-order valence-corrected chi connectivity index (χ4v) is 3.17. The van der Waals surface area contributed by atoms with Crippen molar-refractivity contribution in [2.24, 2.45) is 5.92 Å². The smallest absolute Gasteiger partial charge is 0.252 e. The van der Waals surface area contributed by atoms with Crippen molar-refractivity contribution in [2.45, 2.75) is 38.6 Å². The van der Waals surface area contributed by atoms with Crippen LogP contribution in [0.15, 0.2) is 35.1 Å². The molecule has 0 unspecified atom stereocenters. The van der Waals surface area contributed by atoms with Crippen molar-refractivity contribution in [3.63, 3.8) is 0 Å². The summed E-state index contributed by atoms with van der Waals surface area (Å²) in [4.78, 5) is 27.1. The Bertz CT molecular complexity index is 720. The number of carbonyl (C=O) groups excluding carboxylic acids is 1. The van der Waals surface area contributed by atoms with E-state index in [1.54, 1.807) is 0 Å². The maximum Gasteiger partial charge on any atom is 0.252 e. The number of amides is 1. The van der Waals surface area contributed by atoms with E-state index < -0.39 is 0 Å². The molecular weight excluding hydrogens is 264 g/mol. The molecule has 0 bridgehead atoms. The van der Waals surface area contributed by atoms with Crippen molar-refractivity contribution in [2.75, 3.05) is 0 Å². The van der Waals surface area contributed by atoms with E-state index in [0.29, 0.717) is 17.0 Å². The second kappa shape index (κ2) is 5.72. The summed E-state index contributed by atoms with van der Waals surface area (Å²) in [6.45, 7) is 2.18.